The van der Waals surface area contributed by atoms with Crippen LogP contribution in [-0.2, 0) is 11.9 Å². The average Bonchev–Trinajstić information content (AvgIpc) is 2.67. The smallest absolute Gasteiger partial charge is 0.259 e. The van der Waals surface area contributed by atoms with Crippen molar-refractivity contribution in [2.24, 2.45) is 4.99 Å². The lowest BCUT2D eigenvalue weighted by molar-refractivity contribution is -0.137. The van der Waals surface area contributed by atoms with Crippen LogP contribution in [0.5, 0.6) is 0 Å². The van der Waals surface area contributed by atoms with E-state index in [9.17, 15) is 18.0 Å². The van der Waals surface area contributed by atoms with Crippen LogP contribution < -0.4 is 5.36 Å². The Hall–Kier alpha value is -2.87. The highest BCUT2D eigenvalue weighted by Gasteiger charge is 2.30. The Balaban J connectivity index is 1.65. The second kappa shape index (κ2) is 8.22. The number of halogens is 3. The summed E-state index contributed by atoms with van der Waals surface area (Å²) in [4.78, 5) is 15.9. The van der Waals surface area contributed by atoms with Gasteiger partial charge in [0.1, 0.15) is 0 Å². The van der Waals surface area contributed by atoms with Crippen molar-refractivity contribution in [1.82, 2.24) is 9.78 Å². The molecule has 1 amide bonds. The molecule has 1 aromatic heterocycles. The number of nitrogens with zero attached hydrogens (tertiary/aromatic N) is 3. The number of carbonyl (C=O) groups is 1. The second-order valence-electron chi connectivity index (χ2n) is 5.53. The van der Waals surface area contributed by atoms with E-state index in [1.807, 2.05) is 30.3 Å². The minimum atomic E-state index is -4.40. The van der Waals surface area contributed by atoms with Gasteiger partial charge in [-0.15, -0.1) is 0 Å². The topological polar surface area (TPSA) is 47.2 Å². The lowest BCUT2D eigenvalue weighted by Gasteiger charge is -2.07. The number of benzene rings is 2. The molecule has 3 aromatic rings. The summed E-state index contributed by atoms with van der Waals surface area (Å²) in [5, 5.41) is 4.08. The van der Waals surface area contributed by atoms with Gasteiger partial charge in [-0.25, -0.2) is 9.67 Å². The van der Waals surface area contributed by atoms with E-state index in [1.165, 1.54) is 12.3 Å². The van der Waals surface area contributed by atoms with Crippen molar-refractivity contribution >= 4 is 17.0 Å². The number of hydrogen-bond acceptors (Lipinski definition) is 3. The van der Waals surface area contributed by atoms with E-state index in [0.717, 1.165) is 29.6 Å². The summed E-state index contributed by atoms with van der Waals surface area (Å²) in [6.07, 6.45) is -1.27. The molecule has 0 N–H and O–H groups in total. The van der Waals surface area contributed by atoms with Gasteiger partial charge in [0.05, 0.1) is 22.8 Å². The molecule has 0 unspecified atom stereocenters. The molecule has 0 spiro atoms. The number of hydrogen-bond donors (Lipinski definition) is 0. The summed E-state index contributed by atoms with van der Waals surface area (Å²) in [7, 11) is 0. The standard InChI is InChI=1S/C19H14F3N3OS/c20-19(21,22)15-6-4-5-14(11-15)13-27-18(26)24-16-9-10-25(23-12-16)17-7-2-1-3-8-17/h1-12H,13H2. The Labute approximate surface area is 157 Å². The fraction of sp³-hybridized carbons (Fsp3) is 0.105. The molecule has 0 aliphatic carbocycles. The third kappa shape index (κ3) is 5.30. The van der Waals surface area contributed by atoms with E-state index in [2.05, 4.69) is 10.1 Å². The average molecular weight is 389 g/mol. The van der Waals surface area contributed by atoms with Gasteiger partial charge >= 0.3 is 11.4 Å². The molecule has 138 valence electrons. The first-order valence-electron chi connectivity index (χ1n) is 7.90. The number of amides is 1. The Kier molecular flexibility index (Phi) is 5.75. The molecule has 8 heteroatoms. The zero-order chi connectivity index (χ0) is 19.3. The number of para-hydroxylation sites is 1. The molecule has 0 saturated heterocycles. The summed E-state index contributed by atoms with van der Waals surface area (Å²) in [6.45, 7) is 0. The first-order chi connectivity index (χ1) is 12.9. The molecule has 0 atom stereocenters. The molecule has 0 aliphatic heterocycles. The maximum Gasteiger partial charge on any atom is 0.416 e. The SMILES string of the molecule is O=C(N=c1ccn(-c2ccccc2)nc1)SCc1cccc(C(F)(F)F)c1. The van der Waals surface area contributed by atoms with E-state index in [4.69, 9.17) is 0 Å². The van der Waals surface area contributed by atoms with Gasteiger partial charge in [-0.2, -0.15) is 18.3 Å². The second-order valence-corrected chi connectivity index (χ2v) is 6.46. The van der Waals surface area contributed by atoms with Gasteiger partial charge in [-0.3, -0.25) is 4.79 Å². The predicted octanol–water partition coefficient (Wildman–Crippen LogP) is 4.85. The van der Waals surface area contributed by atoms with Gasteiger partial charge in [0.2, 0.25) is 0 Å². The summed E-state index contributed by atoms with van der Waals surface area (Å²) in [5.41, 5.74) is 0.545. The van der Waals surface area contributed by atoms with E-state index in [0.29, 0.717) is 10.9 Å². The molecule has 27 heavy (non-hydrogen) atoms. The Bertz CT molecular complexity index is 980. The lowest BCUT2D eigenvalue weighted by atomic mass is 10.1. The number of carbonyl (C=O) groups excluding carboxylic acids is 1. The van der Waals surface area contributed by atoms with Gasteiger partial charge in [-0.05, 0) is 29.8 Å². The van der Waals surface area contributed by atoms with Crippen LogP contribution in [0.1, 0.15) is 11.1 Å². The van der Waals surface area contributed by atoms with Crippen LogP contribution in [0.4, 0.5) is 18.0 Å². The molecule has 0 aliphatic rings. The fourth-order valence-corrected chi connectivity index (χ4v) is 2.91. The molecule has 0 radical (unpaired) electrons. The van der Waals surface area contributed by atoms with Gasteiger partial charge in [-0.1, -0.05) is 48.2 Å². The number of alkyl halides is 3. The van der Waals surface area contributed by atoms with Gasteiger partial charge < -0.3 is 0 Å². The van der Waals surface area contributed by atoms with Crippen molar-refractivity contribution < 1.29 is 18.0 Å². The zero-order valence-corrected chi connectivity index (χ0v) is 14.7. The van der Waals surface area contributed by atoms with E-state index < -0.39 is 17.0 Å². The number of rotatable bonds is 3. The number of thioether (sulfide) groups is 1. The first kappa shape index (κ1) is 18.9. The van der Waals surface area contributed by atoms with Crippen molar-refractivity contribution in [1.29, 1.82) is 0 Å². The maximum atomic E-state index is 12.7. The van der Waals surface area contributed by atoms with Gasteiger partial charge in [0.15, 0.2) is 0 Å². The molecule has 3 rings (SSSR count). The Morgan fingerprint density at radius 2 is 1.85 bits per heavy atom. The zero-order valence-electron chi connectivity index (χ0n) is 13.9. The minimum Gasteiger partial charge on any atom is -0.259 e. The fourth-order valence-electron chi connectivity index (χ4n) is 2.27. The summed E-state index contributed by atoms with van der Waals surface area (Å²) in [6, 6.07) is 16.0. The quantitative estimate of drug-likeness (QED) is 0.644. The van der Waals surface area contributed by atoms with E-state index in [-0.39, 0.29) is 5.75 Å². The van der Waals surface area contributed by atoms with Gasteiger partial charge in [0.25, 0.3) is 0 Å². The Morgan fingerprint density at radius 3 is 2.52 bits per heavy atom. The molecule has 0 fully saturated rings. The highest BCUT2D eigenvalue weighted by atomic mass is 32.2. The monoisotopic (exact) mass is 389 g/mol. The van der Waals surface area contributed by atoms with Crippen molar-refractivity contribution in [3.63, 3.8) is 0 Å². The molecule has 0 saturated carbocycles. The molecular formula is C19H14F3N3OS. The van der Waals surface area contributed by atoms with Crippen molar-refractivity contribution in [2.45, 2.75) is 11.9 Å². The minimum absolute atomic E-state index is 0.108. The van der Waals surface area contributed by atoms with Crippen molar-refractivity contribution in [2.75, 3.05) is 0 Å². The van der Waals surface area contributed by atoms with Crippen molar-refractivity contribution in [3.05, 3.63) is 89.5 Å². The van der Waals surface area contributed by atoms with Gasteiger partial charge in [0, 0.05) is 11.9 Å². The van der Waals surface area contributed by atoms with Crippen LogP contribution in [0.25, 0.3) is 5.69 Å². The van der Waals surface area contributed by atoms with Crippen LogP contribution in [0.3, 0.4) is 0 Å². The van der Waals surface area contributed by atoms with E-state index >= 15 is 0 Å². The third-order valence-electron chi connectivity index (χ3n) is 3.56. The van der Waals surface area contributed by atoms with Crippen molar-refractivity contribution in [3.8, 4) is 5.69 Å². The molecule has 2 aromatic carbocycles. The largest absolute Gasteiger partial charge is 0.416 e. The third-order valence-corrected chi connectivity index (χ3v) is 4.37. The molecule has 4 nitrogen and oxygen atoms in total. The highest BCUT2D eigenvalue weighted by Crippen LogP contribution is 2.30. The summed E-state index contributed by atoms with van der Waals surface area (Å²) in [5.74, 6) is 0.108. The van der Waals surface area contributed by atoms with Crippen LogP contribution in [0.2, 0.25) is 0 Å². The van der Waals surface area contributed by atoms with Crippen LogP contribution in [-0.4, -0.2) is 15.0 Å². The normalized spacial score (nSPS) is 12.2. The first-order valence-corrected chi connectivity index (χ1v) is 8.88. The molecule has 0 bridgehead atoms. The Morgan fingerprint density at radius 1 is 1.07 bits per heavy atom. The van der Waals surface area contributed by atoms with Crippen LogP contribution >= 0.6 is 11.8 Å². The van der Waals surface area contributed by atoms with E-state index in [1.54, 1.807) is 23.0 Å². The van der Waals surface area contributed by atoms with Crippen LogP contribution in [0, 0.1) is 0 Å². The molecule has 1 heterocycles. The van der Waals surface area contributed by atoms with Crippen LogP contribution in [0.15, 0.2) is 78.0 Å². The molecular weight excluding hydrogens is 375 g/mol. The maximum absolute atomic E-state index is 12.7. The lowest BCUT2D eigenvalue weighted by Crippen LogP contribution is -2.10. The predicted molar refractivity (Wildman–Crippen MR) is 97.3 cm³/mol. The number of aromatic nitrogens is 2. The summed E-state index contributed by atoms with van der Waals surface area (Å²) >= 11 is 0.837. The summed E-state index contributed by atoms with van der Waals surface area (Å²) < 4.78 is 39.8. The highest BCUT2D eigenvalue weighted by molar-refractivity contribution is 8.12.